The average molecular weight is 276 g/mol. The molecule has 20 heavy (non-hydrogen) atoms. The molecule has 1 atom stereocenters. The van der Waals surface area contributed by atoms with Crippen LogP contribution in [0.2, 0.25) is 0 Å². The summed E-state index contributed by atoms with van der Waals surface area (Å²) in [5, 5.41) is 3.29. The van der Waals surface area contributed by atoms with Gasteiger partial charge in [0.1, 0.15) is 5.75 Å². The lowest BCUT2D eigenvalue weighted by Gasteiger charge is -2.34. The summed E-state index contributed by atoms with van der Waals surface area (Å²) in [5.74, 6) is 1.03. The number of piperazine rings is 1. The van der Waals surface area contributed by atoms with Gasteiger partial charge in [0.05, 0.1) is 13.0 Å². The van der Waals surface area contributed by atoms with E-state index in [2.05, 4.69) is 18.3 Å². The maximum atomic E-state index is 12.2. The standard InChI is InChI=1S/C16H24N2O2/c1-12-8-13(2)10-15(9-12)20-7-4-16(19)18-6-5-17-11-14(18)3/h8-10,14,17H,4-7,11H2,1-3H3/t14-/m1/s1. The van der Waals surface area contributed by atoms with E-state index in [1.54, 1.807) is 0 Å². The van der Waals surface area contributed by atoms with E-state index in [0.29, 0.717) is 13.0 Å². The number of ether oxygens (including phenoxy) is 1. The number of hydrogen-bond donors (Lipinski definition) is 1. The zero-order valence-corrected chi connectivity index (χ0v) is 12.6. The molecule has 0 bridgehead atoms. The number of benzene rings is 1. The number of carbonyl (C=O) groups is 1. The highest BCUT2D eigenvalue weighted by molar-refractivity contribution is 5.76. The molecule has 4 heteroatoms. The Balaban J connectivity index is 1.81. The van der Waals surface area contributed by atoms with Gasteiger partial charge in [-0.1, -0.05) is 6.07 Å². The van der Waals surface area contributed by atoms with Crippen LogP contribution in [0.4, 0.5) is 0 Å². The predicted molar refractivity (Wildman–Crippen MR) is 80.1 cm³/mol. The van der Waals surface area contributed by atoms with Crippen LogP contribution in [0.3, 0.4) is 0 Å². The highest BCUT2D eigenvalue weighted by atomic mass is 16.5. The average Bonchev–Trinajstić information content (AvgIpc) is 2.38. The van der Waals surface area contributed by atoms with Gasteiger partial charge in [0.25, 0.3) is 0 Å². The number of amides is 1. The molecular weight excluding hydrogens is 252 g/mol. The number of carbonyl (C=O) groups excluding carboxylic acids is 1. The Morgan fingerprint density at radius 1 is 1.35 bits per heavy atom. The van der Waals surface area contributed by atoms with E-state index in [0.717, 1.165) is 25.4 Å². The van der Waals surface area contributed by atoms with Crippen molar-refractivity contribution in [2.24, 2.45) is 0 Å². The fourth-order valence-electron chi connectivity index (χ4n) is 2.63. The summed E-state index contributed by atoms with van der Waals surface area (Å²) in [6.07, 6.45) is 0.442. The molecule has 0 aliphatic carbocycles. The lowest BCUT2D eigenvalue weighted by molar-refractivity contribution is -0.134. The largest absolute Gasteiger partial charge is 0.493 e. The molecule has 1 aliphatic heterocycles. The topological polar surface area (TPSA) is 41.6 Å². The second-order valence-electron chi connectivity index (χ2n) is 5.56. The third kappa shape index (κ3) is 3.97. The molecule has 1 aromatic rings. The van der Waals surface area contributed by atoms with Crippen LogP contribution < -0.4 is 10.1 Å². The predicted octanol–water partition coefficient (Wildman–Crippen LogP) is 1.89. The minimum Gasteiger partial charge on any atom is -0.493 e. The molecule has 4 nitrogen and oxygen atoms in total. The van der Waals surface area contributed by atoms with Crippen molar-refractivity contribution in [3.8, 4) is 5.75 Å². The van der Waals surface area contributed by atoms with Crippen molar-refractivity contribution in [3.63, 3.8) is 0 Å². The molecule has 1 fully saturated rings. The van der Waals surface area contributed by atoms with Gasteiger partial charge in [-0.15, -0.1) is 0 Å². The molecule has 1 saturated heterocycles. The van der Waals surface area contributed by atoms with E-state index in [4.69, 9.17) is 4.74 Å². The number of nitrogens with one attached hydrogen (secondary N) is 1. The number of rotatable bonds is 4. The normalized spacial score (nSPS) is 18.9. The lowest BCUT2D eigenvalue weighted by Crippen LogP contribution is -2.52. The Labute approximate surface area is 121 Å². The highest BCUT2D eigenvalue weighted by Crippen LogP contribution is 2.16. The van der Waals surface area contributed by atoms with Crippen LogP contribution in [0.25, 0.3) is 0 Å². The number of hydrogen-bond acceptors (Lipinski definition) is 3. The SMILES string of the molecule is Cc1cc(C)cc(OCCC(=O)N2CCNC[C@H]2C)c1. The van der Waals surface area contributed by atoms with Crippen molar-refractivity contribution >= 4 is 5.91 Å². The summed E-state index contributed by atoms with van der Waals surface area (Å²) in [5.41, 5.74) is 2.36. The second kappa shape index (κ2) is 6.75. The Morgan fingerprint density at radius 3 is 2.70 bits per heavy atom. The van der Waals surface area contributed by atoms with Gasteiger partial charge in [-0.2, -0.15) is 0 Å². The van der Waals surface area contributed by atoms with Crippen LogP contribution in [-0.2, 0) is 4.79 Å². The molecular formula is C16H24N2O2. The summed E-state index contributed by atoms with van der Waals surface area (Å²) >= 11 is 0. The molecule has 0 unspecified atom stereocenters. The quantitative estimate of drug-likeness (QED) is 0.913. The van der Waals surface area contributed by atoms with Gasteiger partial charge < -0.3 is 15.0 Å². The molecule has 1 N–H and O–H groups in total. The summed E-state index contributed by atoms with van der Waals surface area (Å²) in [7, 11) is 0. The maximum Gasteiger partial charge on any atom is 0.226 e. The first-order valence-corrected chi connectivity index (χ1v) is 7.27. The zero-order valence-electron chi connectivity index (χ0n) is 12.6. The van der Waals surface area contributed by atoms with Gasteiger partial charge in [-0.3, -0.25) is 4.79 Å². The highest BCUT2D eigenvalue weighted by Gasteiger charge is 2.22. The smallest absolute Gasteiger partial charge is 0.226 e. The monoisotopic (exact) mass is 276 g/mol. The Morgan fingerprint density at radius 2 is 2.05 bits per heavy atom. The maximum absolute atomic E-state index is 12.2. The molecule has 0 radical (unpaired) electrons. The first kappa shape index (κ1) is 14.9. The first-order valence-electron chi connectivity index (χ1n) is 7.27. The molecule has 0 aromatic heterocycles. The van der Waals surface area contributed by atoms with E-state index in [1.807, 2.05) is 30.9 Å². The first-order chi connectivity index (χ1) is 9.56. The van der Waals surface area contributed by atoms with Crippen LogP contribution in [0.15, 0.2) is 18.2 Å². The van der Waals surface area contributed by atoms with Crippen LogP contribution in [0, 0.1) is 13.8 Å². The Bertz CT molecular complexity index is 453. The van der Waals surface area contributed by atoms with Crippen molar-refractivity contribution in [1.82, 2.24) is 10.2 Å². The van der Waals surface area contributed by atoms with E-state index >= 15 is 0 Å². The van der Waals surface area contributed by atoms with Gasteiger partial charge in [0.2, 0.25) is 5.91 Å². The van der Waals surface area contributed by atoms with Crippen LogP contribution in [0.5, 0.6) is 5.75 Å². The second-order valence-corrected chi connectivity index (χ2v) is 5.56. The molecule has 1 amide bonds. The van der Waals surface area contributed by atoms with Gasteiger partial charge in [0, 0.05) is 25.7 Å². The molecule has 1 aliphatic rings. The minimum absolute atomic E-state index is 0.184. The molecule has 0 spiro atoms. The van der Waals surface area contributed by atoms with Gasteiger partial charge >= 0.3 is 0 Å². The molecule has 110 valence electrons. The molecule has 0 saturated carbocycles. The Hall–Kier alpha value is -1.55. The Kier molecular flexibility index (Phi) is 5.01. The summed E-state index contributed by atoms with van der Waals surface area (Å²) in [6.45, 7) is 9.18. The van der Waals surface area contributed by atoms with Crippen molar-refractivity contribution in [3.05, 3.63) is 29.3 Å². The van der Waals surface area contributed by atoms with E-state index in [1.165, 1.54) is 11.1 Å². The van der Waals surface area contributed by atoms with Crippen molar-refractivity contribution in [2.75, 3.05) is 26.2 Å². The minimum atomic E-state index is 0.184. The number of aryl methyl sites for hydroxylation is 2. The third-order valence-electron chi connectivity index (χ3n) is 3.60. The number of nitrogens with zero attached hydrogens (tertiary/aromatic N) is 1. The van der Waals surface area contributed by atoms with Gasteiger partial charge in [0.15, 0.2) is 0 Å². The van der Waals surface area contributed by atoms with E-state index in [9.17, 15) is 4.79 Å². The van der Waals surface area contributed by atoms with Gasteiger partial charge in [-0.05, 0) is 44.0 Å². The summed E-state index contributed by atoms with van der Waals surface area (Å²) < 4.78 is 5.70. The van der Waals surface area contributed by atoms with E-state index < -0.39 is 0 Å². The van der Waals surface area contributed by atoms with Crippen molar-refractivity contribution in [2.45, 2.75) is 33.2 Å². The van der Waals surface area contributed by atoms with Crippen molar-refractivity contribution in [1.29, 1.82) is 0 Å². The molecule has 1 heterocycles. The van der Waals surface area contributed by atoms with Crippen LogP contribution in [0.1, 0.15) is 24.5 Å². The zero-order chi connectivity index (χ0) is 14.5. The van der Waals surface area contributed by atoms with E-state index in [-0.39, 0.29) is 11.9 Å². The third-order valence-corrected chi connectivity index (χ3v) is 3.60. The van der Waals surface area contributed by atoms with Crippen molar-refractivity contribution < 1.29 is 9.53 Å². The fraction of sp³-hybridized carbons (Fsp3) is 0.562. The summed E-state index contributed by atoms with van der Waals surface area (Å²) in [6, 6.07) is 6.40. The van der Waals surface area contributed by atoms with Crippen LogP contribution >= 0.6 is 0 Å². The fourth-order valence-corrected chi connectivity index (χ4v) is 2.63. The molecule has 2 rings (SSSR count). The lowest BCUT2D eigenvalue weighted by atomic mass is 10.1. The van der Waals surface area contributed by atoms with Crippen LogP contribution in [-0.4, -0.2) is 43.1 Å². The molecule has 1 aromatic carbocycles. The summed E-state index contributed by atoms with van der Waals surface area (Å²) in [4.78, 5) is 14.1. The van der Waals surface area contributed by atoms with Gasteiger partial charge in [-0.25, -0.2) is 0 Å².